The Kier molecular flexibility index (Phi) is 4.10. The largest absolute Gasteiger partial charge is 0.497 e. The SMILES string of the molecule is CCNc1nc(C)cn1C(C)c1ccc(OC)cc1. The Morgan fingerprint density at radius 2 is 2.00 bits per heavy atom. The van der Waals surface area contributed by atoms with Crippen LogP contribution in [0.25, 0.3) is 0 Å². The van der Waals surface area contributed by atoms with Gasteiger partial charge in [-0.25, -0.2) is 4.98 Å². The van der Waals surface area contributed by atoms with E-state index >= 15 is 0 Å². The fraction of sp³-hybridized carbons (Fsp3) is 0.400. The van der Waals surface area contributed by atoms with E-state index in [9.17, 15) is 0 Å². The van der Waals surface area contributed by atoms with Gasteiger partial charge in [0, 0.05) is 12.7 Å². The molecular weight excluding hydrogens is 238 g/mol. The van der Waals surface area contributed by atoms with Crippen LogP contribution in [0.15, 0.2) is 30.5 Å². The number of hydrogen-bond acceptors (Lipinski definition) is 3. The zero-order valence-corrected chi connectivity index (χ0v) is 12.0. The summed E-state index contributed by atoms with van der Waals surface area (Å²) in [5.74, 6) is 1.80. The average molecular weight is 259 g/mol. The molecule has 4 heteroatoms. The predicted octanol–water partition coefficient (Wildman–Crippen LogP) is 3.24. The fourth-order valence-electron chi connectivity index (χ4n) is 2.14. The molecule has 0 radical (unpaired) electrons. The number of hydrogen-bond donors (Lipinski definition) is 1. The number of aromatic nitrogens is 2. The van der Waals surface area contributed by atoms with E-state index in [1.165, 1.54) is 5.56 Å². The monoisotopic (exact) mass is 259 g/mol. The van der Waals surface area contributed by atoms with Gasteiger partial charge in [-0.15, -0.1) is 0 Å². The van der Waals surface area contributed by atoms with Gasteiger partial charge in [-0.05, 0) is 38.5 Å². The van der Waals surface area contributed by atoms with E-state index in [1.807, 2.05) is 19.1 Å². The lowest BCUT2D eigenvalue weighted by Crippen LogP contribution is -2.11. The van der Waals surface area contributed by atoms with Gasteiger partial charge in [-0.1, -0.05) is 12.1 Å². The average Bonchev–Trinajstić information content (AvgIpc) is 2.79. The number of nitrogens with zero attached hydrogens (tertiary/aromatic N) is 2. The summed E-state index contributed by atoms with van der Waals surface area (Å²) in [5.41, 5.74) is 2.26. The van der Waals surface area contributed by atoms with E-state index in [4.69, 9.17) is 4.74 Å². The van der Waals surface area contributed by atoms with Crippen LogP contribution in [0, 0.1) is 6.92 Å². The standard InChI is InChI=1S/C15H21N3O/c1-5-16-15-17-11(2)10-18(15)12(3)13-6-8-14(19-4)9-7-13/h6-10,12H,5H2,1-4H3,(H,16,17). The van der Waals surface area contributed by atoms with Crippen molar-refractivity contribution in [3.05, 3.63) is 41.7 Å². The Hall–Kier alpha value is -1.97. The first-order valence-electron chi connectivity index (χ1n) is 6.59. The summed E-state index contributed by atoms with van der Waals surface area (Å²) in [4.78, 5) is 4.51. The molecule has 1 aromatic carbocycles. The highest BCUT2D eigenvalue weighted by molar-refractivity contribution is 5.34. The molecule has 102 valence electrons. The van der Waals surface area contributed by atoms with Crippen molar-refractivity contribution in [1.29, 1.82) is 0 Å². The first-order valence-corrected chi connectivity index (χ1v) is 6.59. The highest BCUT2D eigenvalue weighted by atomic mass is 16.5. The minimum absolute atomic E-state index is 0.237. The van der Waals surface area contributed by atoms with Crippen molar-refractivity contribution >= 4 is 5.95 Å². The zero-order valence-electron chi connectivity index (χ0n) is 12.0. The van der Waals surface area contributed by atoms with Gasteiger partial charge in [0.25, 0.3) is 0 Å². The maximum absolute atomic E-state index is 5.19. The van der Waals surface area contributed by atoms with Crippen LogP contribution >= 0.6 is 0 Å². The molecule has 1 unspecified atom stereocenters. The summed E-state index contributed by atoms with van der Waals surface area (Å²) in [6.07, 6.45) is 2.08. The molecule has 1 heterocycles. The molecule has 0 bridgehead atoms. The Bertz CT molecular complexity index is 531. The molecule has 4 nitrogen and oxygen atoms in total. The molecule has 2 aromatic rings. The molecule has 2 rings (SSSR count). The maximum Gasteiger partial charge on any atom is 0.203 e. The lowest BCUT2D eigenvalue weighted by Gasteiger charge is -2.17. The van der Waals surface area contributed by atoms with Gasteiger partial charge < -0.3 is 14.6 Å². The van der Waals surface area contributed by atoms with Crippen LogP contribution in [0.1, 0.15) is 31.1 Å². The third-order valence-corrected chi connectivity index (χ3v) is 3.20. The maximum atomic E-state index is 5.19. The number of rotatable bonds is 5. The molecule has 0 saturated carbocycles. The number of aryl methyl sites for hydroxylation is 1. The Labute approximate surface area is 114 Å². The van der Waals surface area contributed by atoms with Crippen molar-refractivity contribution in [1.82, 2.24) is 9.55 Å². The number of methoxy groups -OCH3 is 1. The van der Waals surface area contributed by atoms with Gasteiger partial charge >= 0.3 is 0 Å². The van der Waals surface area contributed by atoms with Crippen LogP contribution in [0.5, 0.6) is 5.75 Å². The van der Waals surface area contributed by atoms with Crippen molar-refractivity contribution in [3.63, 3.8) is 0 Å². The minimum atomic E-state index is 0.237. The molecule has 0 aliphatic rings. The molecule has 0 saturated heterocycles. The lowest BCUT2D eigenvalue weighted by molar-refractivity contribution is 0.414. The van der Waals surface area contributed by atoms with Crippen molar-refractivity contribution in [2.24, 2.45) is 0 Å². The molecule has 0 fully saturated rings. The van der Waals surface area contributed by atoms with Crippen molar-refractivity contribution in [3.8, 4) is 5.75 Å². The highest BCUT2D eigenvalue weighted by Gasteiger charge is 2.13. The van der Waals surface area contributed by atoms with E-state index in [1.54, 1.807) is 7.11 Å². The van der Waals surface area contributed by atoms with E-state index in [0.717, 1.165) is 23.9 Å². The number of benzene rings is 1. The molecule has 1 aromatic heterocycles. The van der Waals surface area contributed by atoms with Gasteiger partial charge in [-0.2, -0.15) is 0 Å². The number of anilines is 1. The second-order valence-corrected chi connectivity index (χ2v) is 4.59. The van der Waals surface area contributed by atoms with E-state index < -0.39 is 0 Å². The van der Waals surface area contributed by atoms with Crippen molar-refractivity contribution in [2.45, 2.75) is 26.8 Å². The Morgan fingerprint density at radius 3 is 2.58 bits per heavy atom. The fourth-order valence-corrected chi connectivity index (χ4v) is 2.14. The molecular formula is C15H21N3O. The third kappa shape index (κ3) is 2.89. The summed E-state index contributed by atoms with van der Waals surface area (Å²) in [5, 5.41) is 3.30. The molecule has 19 heavy (non-hydrogen) atoms. The third-order valence-electron chi connectivity index (χ3n) is 3.20. The van der Waals surface area contributed by atoms with Crippen LogP contribution < -0.4 is 10.1 Å². The number of nitrogens with one attached hydrogen (secondary N) is 1. The summed E-state index contributed by atoms with van der Waals surface area (Å²) >= 11 is 0. The second-order valence-electron chi connectivity index (χ2n) is 4.59. The summed E-state index contributed by atoms with van der Waals surface area (Å²) in [6, 6.07) is 8.40. The topological polar surface area (TPSA) is 39.1 Å². The van der Waals surface area contributed by atoms with Crippen LogP contribution in [0.2, 0.25) is 0 Å². The smallest absolute Gasteiger partial charge is 0.203 e. The van der Waals surface area contributed by atoms with Crippen LogP contribution in [0.3, 0.4) is 0 Å². The molecule has 0 aliphatic heterocycles. The lowest BCUT2D eigenvalue weighted by atomic mass is 10.1. The first-order chi connectivity index (χ1) is 9.15. The zero-order chi connectivity index (χ0) is 13.8. The quantitative estimate of drug-likeness (QED) is 0.896. The summed E-state index contributed by atoms with van der Waals surface area (Å²) < 4.78 is 7.36. The van der Waals surface area contributed by atoms with Crippen molar-refractivity contribution in [2.75, 3.05) is 19.0 Å². The Morgan fingerprint density at radius 1 is 1.32 bits per heavy atom. The molecule has 1 atom stereocenters. The van der Waals surface area contributed by atoms with E-state index in [2.05, 4.69) is 47.0 Å². The van der Waals surface area contributed by atoms with Crippen LogP contribution in [0.4, 0.5) is 5.95 Å². The normalized spacial score (nSPS) is 12.2. The second kappa shape index (κ2) is 5.78. The molecule has 1 N–H and O–H groups in total. The van der Waals surface area contributed by atoms with Gasteiger partial charge in [0.05, 0.1) is 18.8 Å². The highest BCUT2D eigenvalue weighted by Crippen LogP contribution is 2.24. The van der Waals surface area contributed by atoms with Gasteiger partial charge in [-0.3, -0.25) is 0 Å². The Balaban J connectivity index is 2.29. The molecule has 0 aliphatic carbocycles. The van der Waals surface area contributed by atoms with Gasteiger partial charge in [0.1, 0.15) is 5.75 Å². The number of ether oxygens (including phenoxy) is 1. The van der Waals surface area contributed by atoms with Gasteiger partial charge in [0.15, 0.2) is 0 Å². The van der Waals surface area contributed by atoms with E-state index in [-0.39, 0.29) is 6.04 Å². The van der Waals surface area contributed by atoms with Crippen LogP contribution in [-0.2, 0) is 0 Å². The predicted molar refractivity (Wildman–Crippen MR) is 77.9 cm³/mol. The van der Waals surface area contributed by atoms with Crippen LogP contribution in [-0.4, -0.2) is 23.2 Å². The summed E-state index contributed by atoms with van der Waals surface area (Å²) in [6.45, 7) is 7.13. The van der Waals surface area contributed by atoms with Crippen molar-refractivity contribution < 1.29 is 4.74 Å². The first kappa shape index (κ1) is 13.5. The molecule has 0 amide bonds. The minimum Gasteiger partial charge on any atom is -0.497 e. The van der Waals surface area contributed by atoms with Gasteiger partial charge in [0.2, 0.25) is 5.95 Å². The molecule has 0 spiro atoms. The number of imidazole rings is 1. The summed E-state index contributed by atoms with van der Waals surface area (Å²) in [7, 11) is 1.68. The van der Waals surface area contributed by atoms with E-state index in [0.29, 0.717) is 0 Å².